The number of ether oxygens (including phenoxy) is 2. The van der Waals surface area contributed by atoms with Crippen molar-refractivity contribution in [2.45, 2.75) is 25.7 Å². The van der Waals surface area contributed by atoms with Gasteiger partial charge in [0.1, 0.15) is 5.82 Å². The predicted molar refractivity (Wildman–Crippen MR) is 67.8 cm³/mol. The number of carbonyl (C=O) groups is 2. The average molecular weight is 332 g/mol. The minimum absolute atomic E-state index is 0.269. The average Bonchev–Trinajstić information content (AvgIpc) is 2.20. The summed E-state index contributed by atoms with van der Waals surface area (Å²) in [6.07, 6.45) is 0. The highest BCUT2D eigenvalue weighted by Gasteiger charge is 2.43. The van der Waals surface area contributed by atoms with Gasteiger partial charge >= 0.3 is 11.9 Å². The first-order valence-corrected chi connectivity index (χ1v) is 6.24. The molecule has 1 N–H and O–H groups in total. The molecule has 2 rings (SSSR count). The smallest absolute Gasteiger partial charge is 0.343 e. The van der Waals surface area contributed by atoms with Gasteiger partial charge in [-0.25, -0.2) is 14.0 Å². The second-order valence-electron chi connectivity index (χ2n) is 4.48. The summed E-state index contributed by atoms with van der Waals surface area (Å²) in [5, 5.41) is 2.58. The van der Waals surface area contributed by atoms with Crippen LogP contribution in [0.5, 0.6) is 0 Å². The molecule has 0 atom stereocenters. The largest absolute Gasteiger partial charge is 0.421 e. The van der Waals surface area contributed by atoms with E-state index in [-0.39, 0.29) is 5.69 Å². The Morgan fingerprint density at radius 3 is 2.32 bits per heavy atom. The van der Waals surface area contributed by atoms with E-state index < -0.39 is 29.6 Å². The lowest BCUT2D eigenvalue weighted by atomic mass is 10.2. The van der Waals surface area contributed by atoms with Crippen molar-refractivity contribution in [2.24, 2.45) is 0 Å². The van der Waals surface area contributed by atoms with Crippen LogP contribution in [0.15, 0.2) is 22.7 Å². The highest BCUT2D eigenvalue weighted by atomic mass is 79.9. The number of hydrogen-bond donors (Lipinski definition) is 1. The fourth-order valence-corrected chi connectivity index (χ4v) is 2.11. The van der Waals surface area contributed by atoms with E-state index >= 15 is 0 Å². The van der Waals surface area contributed by atoms with Gasteiger partial charge in [0.15, 0.2) is 0 Å². The molecule has 0 bridgehead atoms. The summed E-state index contributed by atoms with van der Waals surface area (Å²) in [6.45, 7) is 2.91. The maximum atomic E-state index is 13.2. The van der Waals surface area contributed by atoms with Crippen LogP contribution in [0.1, 0.15) is 13.8 Å². The van der Waals surface area contributed by atoms with Crippen LogP contribution in [0.25, 0.3) is 0 Å². The van der Waals surface area contributed by atoms with Crippen LogP contribution >= 0.6 is 15.9 Å². The first-order valence-electron chi connectivity index (χ1n) is 5.45. The molecule has 1 aromatic rings. The fraction of sp³-hybridized carbons (Fsp3) is 0.333. The lowest BCUT2D eigenvalue weighted by Gasteiger charge is -2.33. The molecule has 5 nitrogen and oxygen atoms in total. The van der Waals surface area contributed by atoms with Gasteiger partial charge in [0.05, 0.1) is 0 Å². The molecule has 1 aliphatic heterocycles. The molecule has 1 heterocycles. The van der Waals surface area contributed by atoms with Crippen molar-refractivity contribution in [3.05, 3.63) is 28.5 Å². The first-order chi connectivity index (χ1) is 8.77. The summed E-state index contributed by atoms with van der Waals surface area (Å²) in [4.78, 5) is 23.4. The van der Waals surface area contributed by atoms with Gasteiger partial charge in [-0.3, -0.25) is 0 Å². The van der Waals surface area contributed by atoms with Gasteiger partial charge in [-0.1, -0.05) is 15.9 Å². The van der Waals surface area contributed by atoms with E-state index in [2.05, 4.69) is 21.2 Å². The standard InChI is InChI=1S/C12H11BrFNO4/c1-12(2)18-10(16)9(11(17)19-12)15-8-4-6(13)3-7(14)5-8/h3-5,9,15H,1-2H3. The molecule has 0 radical (unpaired) electrons. The number of carbonyl (C=O) groups excluding carboxylic acids is 2. The lowest BCUT2D eigenvalue weighted by molar-refractivity contribution is -0.232. The molecule has 0 amide bonds. The molecular weight excluding hydrogens is 321 g/mol. The summed E-state index contributed by atoms with van der Waals surface area (Å²) in [5.74, 6) is -3.31. The highest BCUT2D eigenvalue weighted by molar-refractivity contribution is 9.10. The topological polar surface area (TPSA) is 64.6 Å². The molecule has 7 heteroatoms. The summed E-state index contributed by atoms with van der Waals surface area (Å²) in [7, 11) is 0. The Bertz CT molecular complexity index is 506. The van der Waals surface area contributed by atoms with E-state index in [1.54, 1.807) is 0 Å². The minimum Gasteiger partial charge on any atom is -0.421 e. The third-order valence-corrected chi connectivity index (χ3v) is 2.80. The molecule has 0 aromatic heterocycles. The van der Waals surface area contributed by atoms with Gasteiger partial charge in [-0.05, 0) is 18.2 Å². The Morgan fingerprint density at radius 1 is 1.21 bits per heavy atom. The van der Waals surface area contributed by atoms with E-state index in [4.69, 9.17) is 9.47 Å². The zero-order chi connectivity index (χ0) is 14.2. The van der Waals surface area contributed by atoms with Crippen LogP contribution in [0, 0.1) is 5.82 Å². The summed E-state index contributed by atoms with van der Waals surface area (Å²) >= 11 is 3.11. The molecular formula is C12H11BrFNO4. The number of benzene rings is 1. The van der Waals surface area contributed by atoms with Crippen LogP contribution in [0.4, 0.5) is 10.1 Å². The van der Waals surface area contributed by atoms with Crippen LogP contribution in [-0.2, 0) is 19.1 Å². The van der Waals surface area contributed by atoms with Crippen LogP contribution in [0.2, 0.25) is 0 Å². The fourth-order valence-electron chi connectivity index (χ4n) is 1.64. The van der Waals surface area contributed by atoms with E-state index in [9.17, 15) is 14.0 Å². The second-order valence-corrected chi connectivity index (χ2v) is 5.39. The third-order valence-electron chi connectivity index (χ3n) is 2.34. The van der Waals surface area contributed by atoms with E-state index in [0.29, 0.717) is 4.47 Å². The summed E-state index contributed by atoms with van der Waals surface area (Å²) in [5.41, 5.74) is 0.269. The monoisotopic (exact) mass is 331 g/mol. The number of cyclic esters (lactones) is 2. The van der Waals surface area contributed by atoms with Gasteiger partial charge in [0.2, 0.25) is 6.04 Å². The van der Waals surface area contributed by atoms with Crippen molar-refractivity contribution < 1.29 is 23.5 Å². The molecule has 1 aliphatic rings. The van der Waals surface area contributed by atoms with E-state index in [1.807, 2.05) is 0 Å². The van der Waals surface area contributed by atoms with Crippen molar-refractivity contribution in [2.75, 3.05) is 5.32 Å². The molecule has 102 valence electrons. The van der Waals surface area contributed by atoms with Gasteiger partial charge < -0.3 is 14.8 Å². The molecule has 0 unspecified atom stereocenters. The Balaban J connectivity index is 2.19. The quantitative estimate of drug-likeness (QED) is 0.664. The molecule has 0 saturated carbocycles. The number of anilines is 1. The van der Waals surface area contributed by atoms with Crippen molar-refractivity contribution in [1.29, 1.82) is 0 Å². The van der Waals surface area contributed by atoms with Crippen molar-refractivity contribution in [1.82, 2.24) is 0 Å². The molecule has 19 heavy (non-hydrogen) atoms. The van der Waals surface area contributed by atoms with Gasteiger partial charge in [-0.15, -0.1) is 0 Å². The van der Waals surface area contributed by atoms with Crippen LogP contribution in [-0.4, -0.2) is 23.8 Å². The third kappa shape index (κ3) is 3.23. The van der Waals surface area contributed by atoms with E-state index in [1.165, 1.54) is 26.0 Å². The maximum Gasteiger partial charge on any atom is 0.343 e. The van der Waals surface area contributed by atoms with Gasteiger partial charge in [-0.2, -0.15) is 0 Å². The number of hydrogen-bond acceptors (Lipinski definition) is 5. The first kappa shape index (κ1) is 13.8. The Hall–Kier alpha value is -1.63. The van der Waals surface area contributed by atoms with Gasteiger partial charge in [0, 0.05) is 24.0 Å². The lowest BCUT2D eigenvalue weighted by Crippen LogP contribution is -2.52. The molecule has 1 fully saturated rings. The Morgan fingerprint density at radius 2 is 1.79 bits per heavy atom. The van der Waals surface area contributed by atoms with Crippen LogP contribution < -0.4 is 5.32 Å². The van der Waals surface area contributed by atoms with Crippen molar-refractivity contribution in [3.8, 4) is 0 Å². The summed E-state index contributed by atoms with van der Waals surface area (Å²) in [6, 6.07) is 2.64. The number of nitrogens with one attached hydrogen (secondary N) is 1. The second kappa shape index (κ2) is 4.80. The zero-order valence-corrected chi connectivity index (χ0v) is 11.8. The molecule has 1 saturated heterocycles. The Labute approximate surface area is 117 Å². The summed E-state index contributed by atoms with van der Waals surface area (Å²) < 4.78 is 23.6. The zero-order valence-electron chi connectivity index (χ0n) is 10.2. The minimum atomic E-state index is -1.30. The van der Waals surface area contributed by atoms with E-state index in [0.717, 1.165) is 6.07 Å². The number of esters is 2. The van der Waals surface area contributed by atoms with Crippen LogP contribution in [0.3, 0.4) is 0 Å². The number of halogens is 2. The van der Waals surface area contributed by atoms with Gasteiger partial charge in [0.25, 0.3) is 5.79 Å². The van der Waals surface area contributed by atoms with Crippen molar-refractivity contribution in [3.63, 3.8) is 0 Å². The predicted octanol–water partition coefficient (Wildman–Crippen LogP) is 2.20. The maximum absolute atomic E-state index is 13.2. The van der Waals surface area contributed by atoms with Crippen molar-refractivity contribution >= 4 is 33.6 Å². The molecule has 0 spiro atoms. The SMILES string of the molecule is CC1(C)OC(=O)C(Nc2cc(F)cc(Br)c2)C(=O)O1. The normalized spacial score (nSPS) is 18.7. The highest BCUT2D eigenvalue weighted by Crippen LogP contribution is 2.24. The Kier molecular flexibility index (Phi) is 3.49. The number of rotatable bonds is 2. The molecule has 1 aromatic carbocycles. The molecule has 0 aliphatic carbocycles.